The van der Waals surface area contributed by atoms with Crippen LogP contribution in [0.2, 0.25) is 0 Å². The number of aromatic nitrogens is 2. The van der Waals surface area contributed by atoms with Gasteiger partial charge >= 0.3 is 0 Å². The highest BCUT2D eigenvalue weighted by Gasteiger charge is 2.07. The summed E-state index contributed by atoms with van der Waals surface area (Å²) in [5.41, 5.74) is 9.34. The van der Waals surface area contributed by atoms with Crippen molar-refractivity contribution in [3.8, 4) is 0 Å². The number of nitrogens with two attached hydrogens (primary N) is 1. The van der Waals surface area contributed by atoms with Crippen molar-refractivity contribution >= 4 is 11.8 Å². The Morgan fingerprint density at radius 2 is 1.86 bits per heavy atom. The molecule has 112 valence electrons. The molecule has 0 bridgehead atoms. The Kier molecular flexibility index (Phi) is 5.11. The summed E-state index contributed by atoms with van der Waals surface area (Å²) < 4.78 is 0. The number of hydrogen-bond acceptors (Lipinski definition) is 5. The normalized spacial score (nSPS) is 10.9. The third-order valence-corrected chi connectivity index (χ3v) is 3.32. The molecule has 0 amide bonds. The van der Waals surface area contributed by atoms with Gasteiger partial charge in [-0.15, -0.1) is 0 Å². The molecule has 0 aliphatic carbocycles. The molecule has 21 heavy (non-hydrogen) atoms. The second kappa shape index (κ2) is 7.04. The van der Waals surface area contributed by atoms with E-state index in [4.69, 9.17) is 5.73 Å². The van der Waals surface area contributed by atoms with E-state index in [2.05, 4.69) is 65.5 Å². The minimum atomic E-state index is 0.302. The molecule has 1 heterocycles. The van der Waals surface area contributed by atoms with Gasteiger partial charge in [0.1, 0.15) is 5.82 Å². The first-order valence-corrected chi connectivity index (χ1v) is 7.17. The van der Waals surface area contributed by atoms with Gasteiger partial charge in [0.15, 0.2) is 0 Å². The molecule has 5 heteroatoms. The van der Waals surface area contributed by atoms with E-state index in [1.807, 2.05) is 0 Å². The van der Waals surface area contributed by atoms with Gasteiger partial charge in [0.2, 0.25) is 5.95 Å². The van der Waals surface area contributed by atoms with E-state index in [9.17, 15) is 0 Å². The van der Waals surface area contributed by atoms with Crippen LogP contribution >= 0.6 is 0 Å². The highest BCUT2D eigenvalue weighted by atomic mass is 15.1. The van der Waals surface area contributed by atoms with E-state index in [0.29, 0.717) is 5.95 Å². The molecule has 0 saturated heterocycles. The number of nitrogens with one attached hydrogen (secondary N) is 1. The molecule has 0 aliphatic rings. The molecule has 1 aromatic heterocycles. The fourth-order valence-corrected chi connectivity index (χ4v) is 2.24. The van der Waals surface area contributed by atoms with Crippen LogP contribution in [0.5, 0.6) is 0 Å². The summed E-state index contributed by atoms with van der Waals surface area (Å²) in [6.45, 7) is 3.73. The summed E-state index contributed by atoms with van der Waals surface area (Å²) >= 11 is 0. The Labute approximate surface area is 126 Å². The van der Waals surface area contributed by atoms with Crippen LogP contribution in [-0.2, 0) is 19.5 Å². The summed E-state index contributed by atoms with van der Waals surface area (Å²) in [7, 11) is 4.15. The number of hydrogen-bond donors (Lipinski definition) is 2. The third kappa shape index (κ3) is 4.16. The minimum Gasteiger partial charge on any atom is -0.368 e. The first-order chi connectivity index (χ1) is 10.1. The molecule has 0 saturated carbocycles. The average molecular weight is 285 g/mol. The van der Waals surface area contributed by atoms with Crippen LogP contribution in [0.3, 0.4) is 0 Å². The maximum Gasteiger partial charge on any atom is 0.221 e. The van der Waals surface area contributed by atoms with Crippen LogP contribution in [0.4, 0.5) is 11.8 Å². The Balaban J connectivity index is 2.15. The van der Waals surface area contributed by atoms with Crippen LogP contribution in [0, 0.1) is 0 Å². The molecule has 3 N–H and O–H groups in total. The summed E-state index contributed by atoms with van der Waals surface area (Å²) in [5, 5.41) is 3.39. The first-order valence-electron chi connectivity index (χ1n) is 7.17. The van der Waals surface area contributed by atoms with E-state index in [-0.39, 0.29) is 0 Å². The van der Waals surface area contributed by atoms with Crippen molar-refractivity contribution in [2.45, 2.75) is 26.4 Å². The molecule has 0 unspecified atom stereocenters. The molecule has 2 rings (SSSR count). The van der Waals surface area contributed by atoms with E-state index in [1.165, 1.54) is 11.1 Å². The van der Waals surface area contributed by atoms with Gasteiger partial charge in [-0.1, -0.05) is 31.2 Å². The van der Waals surface area contributed by atoms with Gasteiger partial charge in [-0.25, -0.2) is 4.98 Å². The van der Waals surface area contributed by atoms with Gasteiger partial charge in [-0.2, -0.15) is 4.98 Å². The molecule has 5 nitrogen and oxygen atoms in total. The van der Waals surface area contributed by atoms with Crippen molar-refractivity contribution in [2.24, 2.45) is 0 Å². The van der Waals surface area contributed by atoms with Gasteiger partial charge in [0.05, 0.1) is 0 Å². The van der Waals surface area contributed by atoms with Crippen LogP contribution in [0.15, 0.2) is 30.5 Å². The van der Waals surface area contributed by atoms with Crippen LogP contribution in [0.25, 0.3) is 0 Å². The van der Waals surface area contributed by atoms with Crippen molar-refractivity contribution in [3.63, 3.8) is 0 Å². The molecule has 1 aromatic carbocycles. The van der Waals surface area contributed by atoms with Gasteiger partial charge in [0, 0.05) is 24.8 Å². The Hall–Kier alpha value is -2.14. The minimum absolute atomic E-state index is 0.302. The monoisotopic (exact) mass is 285 g/mol. The van der Waals surface area contributed by atoms with Gasteiger partial charge in [-0.3, -0.25) is 0 Å². The summed E-state index contributed by atoms with van der Waals surface area (Å²) in [5.74, 6) is 1.13. The fourth-order valence-electron chi connectivity index (χ4n) is 2.24. The lowest BCUT2D eigenvalue weighted by Crippen LogP contribution is -2.14. The summed E-state index contributed by atoms with van der Waals surface area (Å²) in [4.78, 5) is 10.5. The number of anilines is 2. The SMILES string of the molecule is CCc1cnc(N)nc1NCc1ccccc1CN(C)C. The van der Waals surface area contributed by atoms with Crippen LogP contribution < -0.4 is 11.1 Å². The van der Waals surface area contributed by atoms with Gasteiger partial charge < -0.3 is 16.0 Å². The fraction of sp³-hybridized carbons (Fsp3) is 0.375. The summed E-state index contributed by atoms with van der Waals surface area (Å²) in [6.07, 6.45) is 2.67. The highest BCUT2D eigenvalue weighted by molar-refractivity contribution is 5.47. The smallest absolute Gasteiger partial charge is 0.221 e. The van der Waals surface area contributed by atoms with Crippen LogP contribution in [0.1, 0.15) is 23.6 Å². The highest BCUT2D eigenvalue weighted by Crippen LogP contribution is 2.16. The van der Waals surface area contributed by atoms with E-state index in [1.54, 1.807) is 6.20 Å². The molecule has 2 aromatic rings. The predicted octanol–water partition coefficient (Wildman–Crippen LogP) is 2.29. The average Bonchev–Trinajstić information content (AvgIpc) is 2.46. The maximum atomic E-state index is 5.68. The van der Waals surface area contributed by atoms with Crippen molar-refractivity contribution in [3.05, 3.63) is 47.2 Å². The number of rotatable bonds is 6. The quantitative estimate of drug-likeness (QED) is 0.852. The van der Waals surface area contributed by atoms with E-state index < -0.39 is 0 Å². The van der Waals surface area contributed by atoms with Crippen molar-refractivity contribution in [1.29, 1.82) is 0 Å². The molecular formula is C16H23N5. The molecular weight excluding hydrogens is 262 g/mol. The third-order valence-electron chi connectivity index (χ3n) is 3.32. The molecule has 0 spiro atoms. The Morgan fingerprint density at radius 3 is 2.52 bits per heavy atom. The van der Waals surface area contributed by atoms with E-state index in [0.717, 1.165) is 30.9 Å². The predicted molar refractivity (Wildman–Crippen MR) is 87.0 cm³/mol. The Morgan fingerprint density at radius 1 is 1.14 bits per heavy atom. The van der Waals surface area contributed by atoms with Gasteiger partial charge in [0.25, 0.3) is 0 Å². The standard InChI is InChI=1S/C16H23N5/c1-4-12-9-19-16(17)20-15(12)18-10-13-7-5-6-8-14(13)11-21(2)3/h5-9H,4,10-11H2,1-3H3,(H3,17,18,19,20). The Bertz CT molecular complexity index is 595. The topological polar surface area (TPSA) is 67.1 Å². The van der Waals surface area contributed by atoms with Crippen molar-refractivity contribution < 1.29 is 0 Å². The maximum absolute atomic E-state index is 5.68. The second-order valence-corrected chi connectivity index (χ2v) is 5.32. The van der Waals surface area contributed by atoms with Crippen LogP contribution in [-0.4, -0.2) is 29.0 Å². The number of nitrogen functional groups attached to an aromatic ring is 1. The zero-order valence-electron chi connectivity index (χ0n) is 12.9. The first kappa shape index (κ1) is 15.3. The van der Waals surface area contributed by atoms with E-state index >= 15 is 0 Å². The largest absolute Gasteiger partial charge is 0.368 e. The number of nitrogens with zero attached hydrogens (tertiary/aromatic N) is 3. The van der Waals surface area contributed by atoms with Crippen molar-refractivity contribution in [2.75, 3.05) is 25.1 Å². The number of benzene rings is 1. The van der Waals surface area contributed by atoms with Gasteiger partial charge in [-0.05, 0) is 31.6 Å². The number of aryl methyl sites for hydroxylation is 1. The van der Waals surface area contributed by atoms with Crippen molar-refractivity contribution in [1.82, 2.24) is 14.9 Å². The zero-order chi connectivity index (χ0) is 15.2. The lowest BCUT2D eigenvalue weighted by molar-refractivity contribution is 0.401. The molecule has 0 radical (unpaired) electrons. The second-order valence-electron chi connectivity index (χ2n) is 5.32. The molecule has 0 atom stereocenters. The summed E-state index contributed by atoms with van der Waals surface area (Å²) in [6, 6.07) is 8.43. The lowest BCUT2D eigenvalue weighted by atomic mass is 10.1. The molecule has 0 fully saturated rings. The zero-order valence-corrected chi connectivity index (χ0v) is 12.9. The molecule has 0 aliphatic heterocycles. The lowest BCUT2D eigenvalue weighted by Gasteiger charge is -2.15.